The van der Waals surface area contributed by atoms with Gasteiger partial charge in [0, 0.05) is 29.3 Å². The van der Waals surface area contributed by atoms with Gasteiger partial charge in [-0.2, -0.15) is 0 Å². The molecule has 6 heteroatoms. The molecular weight excluding hydrogens is 302 g/mol. The van der Waals surface area contributed by atoms with Crippen molar-refractivity contribution in [3.8, 4) is 0 Å². The molecule has 1 heterocycles. The number of hydrogen-bond donors (Lipinski definition) is 0. The van der Waals surface area contributed by atoms with E-state index in [-0.39, 0.29) is 5.75 Å². The van der Waals surface area contributed by atoms with Crippen molar-refractivity contribution < 1.29 is 8.42 Å². The number of anilines is 1. The third kappa shape index (κ3) is 4.58. The van der Waals surface area contributed by atoms with Crippen LogP contribution in [0.25, 0.3) is 0 Å². The zero-order valence-corrected chi connectivity index (χ0v) is 13.3. The normalized spacial score (nSPS) is 16.0. The van der Waals surface area contributed by atoms with Gasteiger partial charge in [-0.05, 0) is 36.8 Å². The van der Waals surface area contributed by atoms with Crippen LogP contribution < -0.4 is 4.90 Å². The molecule has 1 aliphatic heterocycles. The predicted molar refractivity (Wildman–Crippen MR) is 83.3 cm³/mol. The van der Waals surface area contributed by atoms with Gasteiger partial charge in [0.05, 0.1) is 11.4 Å². The Morgan fingerprint density at radius 3 is 2.95 bits per heavy atom. The molecule has 0 unspecified atom stereocenters. The number of thioether (sulfide) groups is 1. The van der Waals surface area contributed by atoms with Gasteiger partial charge in [0.2, 0.25) is 0 Å². The lowest BCUT2D eigenvalue weighted by Crippen LogP contribution is -2.27. The Kier molecular flexibility index (Phi) is 5.03. The highest BCUT2D eigenvalue weighted by Gasteiger charge is 2.16. The maximum atomic E-state index is 11.2. The summed E-state index contributed by atoms with van der Waals surface area (Å²) < 4.78 is 22.4. The molecule has 0 amide bonds. The first kappa shape index (κ1) is 15.0. The van der Waals surface area contributed by atoms with E-state index in [4.69, 9.17) is 11.6 Å². The Balaban J connectivity index is 2.10. The highest BCUT2D eigenvalue weighted by Crippen LogP contribution is 2.35. The Labute approximate surface area is 124 Å². The third-order valence-corrected chi connectivity index (χ3v) is 5.45. The van der Waals surface area contributed by atoms with Crippen molar-refractivity contribution in [3.63, 3.8) is 0 Å². The minimum absolute atomic E-state index is 0.243. The van der Waals surface area contributed by atoms with Crippen LogP contribution in [0.5, 0.6) is 0 Å². The number of nitrogens with zero attached hydrogens (tertiary/aromatic N) is 1. The monoisotopic (exact) mass is 319 g/mol. The van der Waals surface area contributed by atoms with Crippen molar-refractivity contribution >= 4 is 38.9 Å². The second-order valence-electron chi connectivity index (χ2n) is 4.78. The average molecular weight is 320 g/mol. The van der Waals surface area contributed by atoms with E-state index in [1.165, 1.54) is 11.2 Å². The molecule has 0 fully saturated rings. The summed E-state index contributed by atoms with van der Waals surface area (Å²) in [6.45, 7) is 1.73. The molecule has 0 N–H and O–H groups in total. The summed E-state index contributed by atoms with van der Waals surface area (Å²) in [4.78, 5) is 3.49. The second-order valence-corrected chi connectivity index (χ2v) is 8.62. The minimum Gasteiger partial charge on any atom is -0.371 e. The first-order valence-corrected chi connectivity index (χ1v) is 9.73. The fourth-order valence-corrected chi connectivity index (χ4v) is 3.98. The maximum absolute atomic E-state index is 11.2. The van der Waals surface area contributed by atoms with Crippen LogP contribution in [-0.4, -0.2) is 39.3 Å². The minimum atomic E-state index is -2.88. The molecule has 0 spiro atoms. The van der Waals surface area contributed by atoms with E-state index < -0.39 is 9.84 Å². The van der Waals surface area contributed by atoms with Gasteiger partial charge in [-0.1, -0.05) is 11.6 Å². The van der Waals surface area contributed by atoms with Gasteiger partial charge < -0.3 is 4.90 Å². The lowest BCUT2D eigenvalue weighted by Gasteiger charge is -2.24. The molecule has 1 aromatic rings. The van der Waals surface area contributed by atoms with Gasteiger partial charge in [0.1, 0.15) is 9.84 Å². The van der Waals surface area contributed by atoms with Crippen molar-refractivity contribution in [3.05, 3.63) is 23.2 Å². The van der Waals surface area contributed by atoms with Gasteiger partial charge in [-0.15, -0.1) is 11.8 Å². The summed E-state index contributed by atoms with van der Waals surface area (Å²) in [7, 11) is -2.88. The molecule has 2 rings (SSSR count). The van der Waals surface area contributed by atoms with Gasteiger partial charge in [-0.25, -0.2) is 8.42 Å². The summed E-state index contributed by atoms with van der Waals surface area (Å²) >= 11 is 7.91. The first-order valence-electron chi connectivity index (χ1n) is 6.31. The van der Waals surface area contributed by atoms with Crippen molar-refractivity contribution in [1.82, 2.24) is 0 Å². The van der Waals surface area contributed by atoms with E-state index in [9.17, 15) is 8.42 Å². The van der Waals surface area contributed by atoms with Crippen LogP contribution in [0.1, 0.15) is 12.8 Å². The molecule has 0 saturated heterocycles. The molecule has 0 atom stereocenters. The fraction of sp³-hybridized carbons (Fsp3) is 0.538. The molecule has 106 valence electrons. The quantitative estimate of drug-likeness (QED) is 0.854. The molecule has 0 saturated carbocycles. The van der Waals surface area contributed by atoms with Crippen LogP contribution in [0.4, 0.5) is 5.69 Å². The molecule has 0 radical (unpaired) electrons. The molecule has 1 aromatic carbocycles. The van der Waals surface area contributed by atoms with Crippen LogP contribution in [0.15, 0.2) is 23.1 Å². The smallest absolute Gasteiger partial charge is 0.147 e. The highest BCUT2D eigenvalue weighted by atomic mass is 35.5. The van der Waals surface area contributed by atoms with Crippen LogP contribution >= 0.6 is 23.4 Å². The number of fused-ring (bicyclic) bond motifs is 1. The topological polar surface area (TPSA) is 37.4 Å². The van der Waals surface area contributed by atoms with E-state index in [0.717, 1.165) is 36.0 Å². The fourth-order valence-electron chi connectivity index (χ4n) is 2.17. The SMILES string of the molecule is CS(=O)(=O)CCCN1CCCSc2ccc(Cl)cc21. The molecule has 19 heavy (non-hydrogen) atoms. The Morgan fingerprint density at radius 1 is 1.42 bits per heavy atom. The van der Waals surface area contributed by atoms with Crippen molar-refractivity contribution in [2.45, 2.75) is 17.7 Å². The first-order chi connectivity index (χ1) is 8.96. The summed E-state index contributed by atoms with van der Waals surface area (Å²) in [5.41, 5.74) is 1.14. The lowest BCUT2D eigenvalue weighted by atomic mass is 10.2. The largest absolute Gasteiger partial charge is 0.371 e. The maximum Gasteiger partial charge on any atom is 0.147 e. The van der Waals surface area contributed by atoms with Crippen molar-refractivity contribution in [1.29, 1.82) is 0 Å². The molecule has 1 aliphatic rings. The van der Waals surface area contributed by atoms with E-state index in [2.05, 4.69) is 11.0 Å². The van der Waals surface area contributed by atoms with Crippen LogP contribution in [0, 0.1) is 0 Å². The Bertz CT molecular complexity index is 546. The van der Waals surface area contributed by atoms with Crippen LogP contribution in [-0.2, 0) is 9.84 Å². The summed E-state index contributed by atoms with van der Waals surface area (Å²) in [5, 5.41) is 0.731. The number of benzene rings is 1. The molecule has 3 nitrogen and oxygen atoms in total. The Hall–Kier alpha value is -0.390. The lowest BCUT2D eigenvalue weighted by molar-refractivity contribution is 0.598. The predicted octanol–water partition coefficient (Wildman–Crippen LogP) is 3.08. The van der Waals surface area contributed by atoms with Gasteiger partial charge in [-0.3, -0.25) is 0 Å². The van der Waals surface area contributed by atoms with Gasteiger partial charge >= 0.3 is 0 Å². The van der Waals surface area contributed by atoms with E-state index in [1.807, 2.05) is 23.9 Å². The third-order valence-electron chi connectivity index (χ3n) is 3.03. The Morgan fingerprint density at radius 2 is 2.21 bits per heavy atom. The van der Waals surface area contributed by atoms with E-state index in [1.54, 1.807) is 0 Å². The van der Waals surface area contributed by atoms with Crippen molar-refractivity contribution in [2.24, 2.45) is 0 Å². The zero-order valence-electron chi connectivity index (χ0n) is 10.9. The zero-order chi connectivity index (χ0) is 13.9. The summed E-state index contributed by atoms with van der Waals surface area (Å²) in [5.74, 6) is 1.34. The number of hydrogen-bond acceptors (Lipinski definition) is 4. The van der Waals surface area contributed by atoms with Crippen LogP contribution in [0.2, 0.25) is 5.02 Å². The second kappa shape index (κ2) is 6.37. The van der Waals surface area contributed by atoms with E-state index in [0.29, 0.717) is 6.42 Å². The summed E-state index contributed by atoms with van der Waals surface area (Å²) in [6.07, 6.45) is 3.06. The van der Waals surface area contributed by atoms with Crippen molar-refractivity contribution in [2.75, 3.05) is 35.8 Å². The number of halogens is 1. The molecule has 0 aliphatic carbocycles. The molecule has 0 aromatic heterocycles. The van der Waals surface area contributed by atoms with Crippen LogP contribution in [0.3, 0.4) is 0 Å². The van der Waals surface area contributed by atoms with E-state index >= 15 is 0 Å². The highest BCUT2D eigenvalue weighted by molar-refractivity contribution is 7.99. The average Bonchev–Trinajstić information content (AvgIpc) is 2.50. The number of sulfone groups is 1. The van der Waals surface area contributed by atoms with Gasteiger partial charge in [0.25, 0.3) is 0 Å². The number of rotatable bonds is 4. The molecule has 0 bridgehead atoms. The summed E-state index contributed by atoms with van der Waals surface area (Å²) in [6, 6.07) is 5.94. The van der Waals surface area contributed by atoms with Gasteiger partial charge in [0.15, 0.2) is 0 Å². The molecular formula is C13H18ClNO2S2. The standard InChI is InChI=1S/C13H18ClNO2S2/c1-19(16,17)9-3-7-15-6-2-8-18-13-5-4-11(14)10-12(13)15/h4-5,10H,2-3,6-9H2,1H3.